The van der Waals surface area contributed by atoms with Gasteiger partial charge in [0, 0.05) is 33.9 Å². The van der Waals surface area contributed by atoms with Gasteiger partial charge in [0.25, 0.3) is 5.91 Å². The number of aromatic amines is 1. The molecule has 1 amide bonds. The number of fused-ring (bicyclic) bond motifs is 2. The molecule has 0 aliphatic carbocycles. The predicted octanol–water partition coefficient (Wildman–Crippen LogP) is 5.58. The molecule has 144 valence electrons. The van der Waals surface area contributed by atoms with E-state index in [-0.39, 0.29) is 11.9 Å². The standard InChI is InChI=1S/C24H19ClN2O2/c1-29-22-11-10-17(25)13-19(22)23(21-12-15-6-3-5-9-20(15)26-21)27-14-16-7-2-4-8-18(16)24(27)28/h2-13,23,26H,14H2,1H3/t23-/m1/s1. The van der Waals surface area contributed by atoms with Crippen molar-refractivity contribution in [2.75, 3.05) is 7.11 Å². The number of rotatable bonds is 4. The van der Waals surface area contributed by atoms with Gasteiger partial charge in [0.1, 0.15) is 11.8 Å². The summed E-state index contributed by atoms with van der Waals surface area (Å²) in [5.74, 6) is 0.702. The number of carbonyl (C=O) groups excluding carboxylic acids is 1. The van der Waals surface area contributed by atoms with Crippen LogP contribution in [0.5, 0.6) is 5.75 Å². The van der Waals surface area contributed by atoms with Gasteiger partial charge in [-0.3, -0.25) is 4.79 Å². The number of ether oxygens (including phenoxy) is 1. The lowest BCUT2D eigenvalue weighted by Gasteiger charge is -2.29. The van der Waals surface area contributed by atoms with E-state index < -0.39 is 0 Å². The second-order valence-electron chi connectivity index (χ2n) is 7.19. The van der Waals surface area contributed by atoms with E-state index in [2.05, 4.69) is 17.1 Å². The number of para-hydroxylation sites is 1. The summed E-state index contributed by atoms with van der Waals surface area (Å²) in [6, 6.07) is 23.1. The van der Waals surface area contributed by atoms with Crippen molar-refractivity contribution in [1.82, 2.24) is 9.88 Å². The molecule has 2 heterocycles. The molecule has 5 rings (SSSR count). The zero-order valence-corrected chi connectivity index (χ0v) is 16.6. The number of halogens is 1. The summed E-state index contributed by atoms with van der Waals surface area (Å²) < 4.78 is 5.64. The Labute approximate surface area is 173 Å². The van der Waals surface area contributed by atoms with Crippen molar-refractivity contribution in [3.63, 3.8) is 0 Å². The molecule has 4 nitrogen and oxygen atoms in total. The molecular weight excluding hydrogens is 384 g/mol. The number of hydrogen-bond donors (Lipinski definition) is 1. The van der Waals surface area contributed by atoms with Gasteiger partial charge in [-0.1, -0.05) is 48.0 Å². The van der Waals surface area contributed by atoms with Gasteiger partial charge < -0.3 is 14.6 Å². The minimum atomic E-state index is -0.351. The third kappa shape index (κ3) is 2.97. The molecule has 0 unspecified atom stereocenters. The smallest absolute Gasteiger partial charge is 0.255 e. The Bertz CT molecular complexity index is 1200. The number of H-pyrrole nitrogens is 1. The SMILES string of the molecule is COc1ccc(Cl)cc1[C@H](c1cc2ccccc2[nH]1)N1Cc2ccccc2C1=O. The minimum Gasteiger partial charge on any atom is -0.496 e. The lowest BCUT2D eigenvalue weighted by atomic mass is 10.0. The molecule has 3 aromatic carbocycles. The molecule has 0 bridgehead atoms. The Kier molecular flexibility index (Phi) is 4.29. The van der Waals surface area contributed by atoms with Gasteiger partial charge >= 0.3 is 0 Å². The average Bonchev–Trinajstić information content (AvgIpc) is 3.30. The van der Waals surface area contributed by atoms with Crippen molar-refractivity contribution in [3.8, 4) is 5.75 Å². The van der Waals surface area contributed by atoms with Crippen LogP contribution in [0.25, 0.3) is 10.9 Å². The number of nitrogens with one attached hydrogen (secondary N) is 1. The van der Waals surface area contributed by atoms with E-state index in [1.54, 1.807) is 13.2 Å². The minimum absolute atomic E-state index is 0.00582. The van der Waals surface area contributed by atoms with Crippen LogP contribution in [0.1, 0.15) is 33.2 Å². The molecule has 4 aromatic rings. The van der Waals surface area contributed by atoms with Crippen LogP contribution in [0, 0.1) is 0 Å². The van der Waals surface area contributed by atoms with Crippen LogP contribution >= 0.6 is 11.6 Å². The maximum atomic E-state index is 13.3. The average molecular weight is 403 g/mol. The van der Waals surface area contributed by atoms with Crippen LogP contribution in [0.4, 0.5) is 0 Å². The van der Waals surface area contributed by atoms with E-state index in [4.69, 9.17) is 16.3 Å². The largest absolute Gasteiger partial charge is 0.496 e. The molecule has 0 saturated carbocycles. The van der Waals surface area contributed by atoms with Crippen molar-refractivity contribution in [3.05, 3.63) is 100 Å². The number of nitrogens with zero attached hydrogens (tertiary/aromatic N) is 1. The summed E-state index contributed by atoms with van der Waals surface area (Å²) in [5, 5.41) is 1.70. The highest BCUT2D eigenvalue weighted by Gasteiger charge is 2.36. The van der Waals surface area contributed by atoms with E-state index in [1.165, 1.54) is 0 Å². The summed E-state index contributed by atoms with van der Waals surface area (Å²) in [4.78, 5) is 18.7. The maximum absolute atomic E-state index is 13.3. The topological polar surface area (TPSA) is 45.3 Å². The van der Waals surface area contributed by atoms with Crippen molar-refractivity contribution in [2.24, 2.45) is 0 Å². The number of aromatic nitrogens is 1. The highest BCUT2D eigenvalue weighted by atomic mass is 35.5. The molecule has 1 N–H and O–H groups in total. The third-order valence-corrected chi connectivity index (χ3v) is 5.73. The monoisotopic (exact) mass is 402 g/mol. The summed E-state index contributed by atoms with van der Waals surface area (Å²) in [6.07, 6.45) is 0. The third-order valence-electron chi connectivity index (χ3n) is 5.49. The molecule has 1 aromatic heterocycles. The Morgan fingerprint density at radius 3 is 2.62 bits per heavy atom. The normalized spacial score (nSPS) is 14.3. The first-order valence-electron chi connectivity index (χ1n) is 9.45. The molecule has 0 saturated heterocycles. The highest BCUT2D eigenvalue weighted by Crippen LogP contribution is 2.40. The van der Waals surface area contributed by atoms with Crippen LogP contribution in [-0.2, 0) is 6.54 Å². The highest BCUT2D eigenvalue weighted by molar-refractivity contribution is 6.30. The number of carbonyl (C=O) groups is 1. The van der Waals surface area contributed by atoms with E-state index in [0.29, 0.717) is 17.3 Å². The lowest BCUT2D eigenvalue weighted by Crippen LogP contribution is -2.30. The number of hydrogen-bond acceptors (Lipinski definition) is 2. The summed E-state index contributed by atoms with van der Waals surface area (Å²) in [7, 11) is 1.63. The molecule has 1 aliphatic rings. The summed E-state index contributed by atoms with van der Waals surface area (Å²) >= 11 is 6.35. The van der Waals surface area contributed by atoms with Crippen LogP contribution in [-0.4, -0.2) is 22.9 Å². The molecule has 5 heteroatoms. The second-order valence-corrected chi connectivity index (χ2v) is 7.63. The van der Waals surface area contributed by atoms with Crippen LogP contribution in [0.3, 0.4) is 0 Å². The van der Waals surface area contributed by atoms with Gasteiger partial charge in [-0.15, -0.1) is 0 Å². The van der Waals surface area contributed by atoms with E-state index in [1.807, 2.05) is 59.5 Å². The van der Waals surface area contributed by atoms with Crippen LogP contribution < -0.4 is 4.74 Å². The van der Waals surface area contributed by atoms with Crippen LogP contribution in [0.15, 0.2) is 72.8 Å². The molecule has 0 spiro atoms. The Hall–Kier alpha value is -3.24. The fourth-order valence-electron chi connectivity index (χ4n) is 4.15. The van der Waals surface area contributed by atoms with Gasteiger partial charge in [0.2, 0.25) is 0 Å². The molecule has 1 atom stereocenters. The first-order chi connectivity index (χ1) is 14.2. The van der Waals surface area contributed by atoms with Gasteiger partial charge in [0.15, 0.2) is 0 Å². The van der Waals surface area contributed by atoms with Gasteiger partial charge in [-0.05, 0) is 47.3 Å². The zero-order valence-electron chi connectivity index (χ0n) is 15.9. The van der Waals surface area contributed by atoms with Gasteiger partial charge in [-0.2, -0.15) is 0 Å². The van der Waals surface area contributed by atoms with Crippen LogP contribution in [0.2, 0.25) is 5.02 Å². The summed E-state index contributed by atoms with van der Waals surface area (Å²) in [6.45, 7) is 0.532. The van der Waals surface area contributed by atoms with E-state index in [0.717, 1.165) is 33.3 Å². The lowest BCUT2D eigenvalue weighted by molar-refractivity contribution is 0.0727. The fraction of sp³-hybridized carbons (Fsp3) is 0.125. The second kappa shape index (κ2) is 6.98. The number of methoxy groups -OCH3 is 1. The molecule has 0 radical (unpaired) electrons. The van der Waals surface area contributed by atoms with Crippen molar-refractivity contribution < 1.29 is 9.53 Å². The van der Waals surface area contributed by atoms with Crippen molar-refractivity contribution in [1.29, 1.82) is 0 Å². The molecule has 0 fully saturated rings. The fourth-order valence-corrected chi connectivity index (χ4v) is 4.33. The summed E-state index contributed by atoms with van der Waals surface area (Å²) in [5.41, 5.74) is 4.58. The van der Waals surface area contributed by atoms with E-state index in [9.17, 15) is 4.79 Å². The molecule has 1 aliphatic heterocycles. The predicted molar refractivity (Wildman–Crippen MR) is 114 cm³/mol. The Morgan fingerprint density at radius 1 is 1.03 bits per heavy atom. The first kappa shape index (κ1) is 17.8. The van der Waals surface area contributed by atoms with Crippen molar-refractivity contribution >= 4 is 28.4 Å². The van der Waals surface area contributed by atoms with Crippen molar-refractivity contribution in [2.45, 2.75) is 12.6 Å². The molecule has 29 heavy (non-hydrogen) atoms. The zero-order chi connectivity index (χ0) is 20.0. The maximum Gasteiger partial charge on any atom is 0.255 e. The number of benzene rings is 3. The Morgan fingerprint density at radius 2 is 1.83 bits per heavy atom. The Balaban J connectivity index is 1.70. The van der Waals surface area contributed by atoms with Gasteiger partial charge in [0.05, 0.1) is 7.11 Å². The van der Waals surface area contributed by atoms with E-state index >= 15 is 0 Å². The first-order valence-corrected chi connectivity index (χ1v) is 9.83. The van der Waals surface area contributed by atoms with Gasteiger partial charge in [-0.25, -0.2) is 0 Å². The number of amides is 1. The molecular formula is C24H19ClN2O2. The quantitative estimate of drug-likeness (QED) is 0.484.